The fraction of sp³-hybridized carbons (Fsp3) is 0.200. The van der Waals surface area contributed by atoms with Gasteiger partial charge in [-0.25, -0.2) is 10.2 Å². The Morgan fingerprint density at radius 3 is 2.86 bits per heavy atom. The number of nitrogens with one attached hydrogen (secondary N) is 1. The molecule has 0 atom stereocenters. The number of nitriles is 1. The molecule has 1 amide bonds. The van der Waals surface area contributed by atoms with E-state index in [9.17, 15) is 9.59 Å². The highest BCUT2D eigenvalue weighted by Gasteiger charge is 2.08. The number of hydrogen-bond acceptors (Lipinski definition) is 6. The quantitative estimate of drug-likeness (QED) is 0.416. The summed E-state index contributed by atoms with van der Waals surface area (Å²) in [6.45, 7) is 3.42. The summed E-state index contributed by atoms with van der Waals surface area (Å²) < 4.78 is 12.3. The Bertz CT molecular complexity index is 1180. The molecule has 28 heavy (non-hydrogen) atoms. The van der Waals surface area contributed by atoms with Crippen LogP contribution in [0.4, 0.5) is 0 Å². The monoisotopic (exact) mass is 378 g/mol. The van der Waals surface area contributed by atoms with Gasteiger partial charge in [-0.2, -0.15) is 10.4 Å². The van der Waals surface area contributed by atoms with E-state index in [4.69, 9.17) is 14.4 Å². The molecule has 0 fully saturated rings. The normalized spacial score (nSPS) is 10.9. The molecule has 0 unspecified atom stereocenters. The molecule has 2 aromatic heterocycles. The van der Waals surface area contributed by atoms with Gasteiger partial charge < -0.3 is 13.7 Å². The standard InChI is InChI=1S/C20H18N4O4/c1-12-6-20(26)28-18-8-16(4-5-17(12)18)27-11-19(25)23-22-10-14-7-15(9-21)24(3)13(14)2/h4-8,10H,11H2,1-3H3,(H,23,25)/b22-10-. The molecule has 0 saturated carbocycles. The molecule has 0 aliphatic rings. The Balaban J connectivity index is 1.61. The van der Waals surface area contributed by atoms with Crippen molar-refractivity contribution >= 4 is 23.1 Å². The van der Waals surface area contributed by atoms with Gasteiger partial charge in [-0.1, -0.05) is 0 Å². The summed E-state index contributed by atoms with van der Waals surface area (Å²) in [4.78, 5) is 23.4. The van der Waals surface area contributed by atoms with Crippen LogP contribution < -0.4 is 15.8 Å². The first kappa shape index (κ1) is 18.9. The fourth-order valence-electron chi connectivity index (χ4n) is 2.71. The van der Waals surface area contributed by atoms with Gasteiger partial charge in [-0.15, -0.1) is 0 Å². The van der Waals surface area contributed by atoms with Crippen LogP contribution in [0.5, 0.6) is 5.75 Å². The van der Waals surface area contributed by atoms with Gasteiger partial charge >= 0.3 is 5.63 Å². The van der Waals surface area contributed by atoms with Crippen LogP contribution in [-0.4, -0.2) is 23.3 Å². The highest BCUT2D eigenvalue weighted by molar-refractivity contribution is 5.85. The van der Waals surface area contributed by atoms with E-state index in [0.717, 1.165) is 22.2 Å². The average molecular weight is 378 g/mol. The number of aryl methyl sites for hydroxylation is 1. The Morgan fingerprint density at radius 2 is 2.14 bits per heavy atom. The van der Waals surface area contributed by atoms with Crippen molar-refractivity contribution in [1.82, 2.24) is 9.99 Å². The third-order valence-electron chi connectivity index (χ3n) is 4.37. The van der Waals surface area contributed by atoms with Crippen molar-refractivity contribution in [3.63, 3.8) is 0 Å². The fourth-order valence-corrected chi connectivity index (χ4v) is 2.71. The molecule has 1 N–H and O–H groups in total. The minimum Gasteiger partial charge on any atom is -0.484 e. The maximum Gasteiger partial charge on any atom is 0.336 e. The molecule has 0 aliphatic carbocycles. The van der Waals surface area contributed by atoms with E-state index >= 15 is 0 Å². The summed E-state index contributed by atoms with van der Waals surface area (Å²) >= 11 is 0. The summed E-state index contributed by atoms with van der Waals surface area (Å²) in [7, 11) is 1.78. The number of hydrazone groups is 1. The van der Waals surface area contributed by atoms with Crippen LogP contribution in [0, 0.1) is 25.2 Å². The third kappa shape index (κ3) is 3.94. The second-order valence-electron chi connectivity index (χ2n) is 6.23. The van der Waals surface area contributed by atoms with E-state index in [2.05, 4.69) is 16.6 Å². The predicted octanol–water partition coefficient (Wildman–Crippen LogP) is 2.15. The van der Waals surface area contributed by atoms with Gasteiger partial charge in [0.2, 0.25) is 0 Å². The first-order valence-corrected chi connectivity index (χ1v) is 8.44. The van der Waals surface area contributed by atoms with Crippen molar-refractivity contribution in [3.8, 4) is 11.8 Å². The molecule has 0 aliphatic heterocycles. The Morgan fingerprint density at radius 1 is 1.36 bits per heavy atom. The van der Waals surface area contributed by atoms with E-state index in [1.165, 1.54) is 12.3 Å². The van der Waals surface area contributed by atoms with Crippen LogP contribution in [0.15, 0.2) is 44.6 Å². The van der Waals surface area contributed by atoms with E-state index in [1.54, 1.807) is 35.9 Å². The SMILES string of the molecule is Cc1cc(=O)oc2cc(OCC(=O)N/N=C\c3cc(C#N)n(C)c3C)ccc12. The highest BCUT2D eigenvalue weighted by Crippen LogP contribution is 2.22. The van der Waals surface area contributed by atoms with Gasteiger partial charge in [-0.3, -0.25) is 4.79 Å². The van der Waals surface area contributed by atoms with Crippen molar-refractivity contribution in [2.45, 2.75) is 13.8 Å². The summed E-state index contributed by atoms with van der Waals surface area (Å²) in [5, 5.41) is 13.7. The number of amides is 1. The first-order valence-electron chi connectivity index (χ1n) is 8.44. The number of carbonyl (C=O) groups is 1. The Kier molecular flexibility index (Phi) is 5.27. The summed E-state index contributed by atoms with van der Waals surface area (Å²) in [5.74, 6) is -0.0471. The molecule has 8 heteroatoms. The van der Waals surface area contributed by atoms with Crippen molar-refractivity contribution in [2.24, 2.45) is 12.1 Å². The second-order valence-corrected chi connectivity index (χ2v) is 6.23. The largest absolute Gasteiger partial charge is 0.484 e. The van der Waals surface area contributed by atoms with E-state index in [0.29, 0.717) is 17.0 Å². The number of carbonyl (C=O) groups excluding carboxylic acids is 1. The molecule has 0 radical (unpaired) electrons. The zero-order valence-electron chi connectivity index (χ0n) is 15.6. The van der Waals surface area contributed by atoms with Crippen molar-refractivity contribution in [3.05, 3.63) is 63.3 Å². The summed E-state index contributed by atoms with van der Waals surface area (Å²) in [5.41, 5.74) is 5.24. The highest BCUT2D eigenvalue weighted by atomic mass is 16.5. The number of rotatable bonds is 5. The van der Waals surface area contributed by atoms with Crippen LogP contribution in [0.3, 0.4) is 0 Å². The summed E-state index contributed by atoms with van der Waals surface area (Å²) in [6.07, 6.45) is 1.47. The second kappa shape index (κ2) is 7.80. The molecule has 8 nitrogen and oxygen atoms in total. The van der Waals surface area contributed by atoms with Gasteiger partial charge in [0.15, 0.2) is 6.61 Å². The van der Waals surface area contributed by atoms with Crippen LogP contribution in [0.25, 0.3) is 11.0 Å². The Hall–Kier alpha value is -3.86. The van der Waals surface area contributed by atoms with Crippen LogP contribution >= 0.6 is 0 Å². The van der Waals surface area contributed by atoms with Gasteiger partial charge in [-0.05, 0) is 37.6 Å². The summed E-state index contributed by atoms with van der Waals surface area (Å²) in [6, 6.07) is 10.2. The van der Waals surface area contributed by atoms with Crippen LogP contribution in [0.2, 0.25) is 0 Å². The molecular formula is C20H18N4O4. The molecule has 2 heterocycles. The predicted molar refractivity (Wildman–Crippen MR) is 103 cm³/mol. The lowest BCUT2D eigenvalue weighted by Gasteiger charge is -2.06. The molecule has 0 spiro atoms. The maximum absolute atomic E-state index is 11.9. The molecule has 3 aromatic rings. The van der Waals surface area contributed by atoms with Gasteiger partial charge in [0, 0.05) is 35.8 Å². The van der Waals surface area contributed by atoms with Gasteiger partial charge in [0.05, 0.1) is 6.21 Å². The van der Waals surface area contributed by atoms with Crippen molar-refractivity contribution < 1.29 is 13.9 Å². The maximum atomic E-state index is 11.9. The molecule has 1 aromatic carbocycles. The lowest BCUT2D eigenvalue weighted by Crippen LogP contribution is -2.24. The first-order chi connectivity index (χ1) is 13.4. The van der Waals surface area contributed by atoms with E-state index in [-0.39, 0.29) is 6.61 Å². The molecular weight excluding hydrogens is 360 g/mol. The number of aromatic nitrogens is 1. The number of benzene rings is 1. The lowest BCUT2D eigenvalue weighted by atomic mass is 10.1. The molecule has 0 saturated heterocycles. The van der Waals surface area contributed by atoms with E-state index in [1.807, 2.05) is 13.8 Å². The minimum atomic E-state index is -0.448. The zero-order chi connectivity index (χ0) is 20.3. The Labute approximate surface area is 160 Å². The smallest absolute Gasteiger partial charge is 0.336 e. The number of ether oxygens (including phenoxy) is 1. The molecule has 142 valence electrons. The minimum absolute atomic E-state index is 0.254. The van der Waals surface area contributed by atoms with Gasteiger partial charge in [0.25, 0.3) is 5.91 Å². The molecule has 0 bridgehead atoms. The van der Waals surface area contributed by atoms with Gasteiger partial charge in [0.1, 0.15) is 23.1 Å². The third-order valence-corrected chi connectivity index (χ3v) is 4.37. The topological polar surface area (TPSA) is 110 Å². The number of fused-ring (bicyclic) bond motifs is 1. The lowest BCUT2D eigenvalue weighted by molar-refractivity contribution is -0.123. The molecule has 3 rings (SSSR count). The van der Waals surface area contributed by atoms with Crippen molar-refractivity contribution in [1.29, 1.82) is 5.26 Å². The number of hydrogen-bond donors (Lipinski definition) is 1. The van der Waals surface area contributed by atoms with Crippen LogP contribution in [-0.2, 0) is 11.8 Å². The average Bonchev–Trinajstić information content (AvgIpc) is 2.94. The van der Waals surface area contributed by atoms with E-state index < -0.39 is 11.5 Å². The zero-order valence-corrected chi connectivity index (χ0v) is 15.6. The van der Waals surface area contributed by atoms with Crippen LogP contribution in [0.1, 0.15) is 22.5 Å². The number of nitrogens with zero attached hydrogens (tertiary/aromatic N) is 3. The van der Waals surface area contributed by atoms with Crippen molar-refractivity contribution in [2.75, 3.05) is 6.61 Å².